The van der Waals surface area contributed by atoms with Gasteiger partial charge in [-0.2, -0.15) is 30.3 Å². The zero-order chi connectivity index (χ0) is 10.4. The first-order chi connectivity index (χ1) is 6.86. The van der Waals surface area contributed by atoms with Gasteiger partial charge in [-0.1, -0.05) is 5.69 Å². The van der Waals surface area contributed by atoms with Gasteiger partial charge in [0.1, 0.15) is 0 Å². The third kappa shape index (κ3) is 2.95. The van der Waals surface area contributed by atoms with Crippen LogP contribution in [-0.4, -0.2) is 4.57 Å². The van der Waals surface area contributed by atoms with Gasteiger partial charge in [0.2, 0.25) is 6.33 Å². The Morgan fingerprint density at radius 2 is 2.21 bits per heavy atom. The van der Waals surface area contributed by atoms with E-state index >= 15 is 0 Å². The summed E-state index contributed by atoms with van der Waals surface area (Å²) in [5.41, 5.74) is 1.01. The number of nitrogens with zero attached hydrogens (tertiary/aromatic N) is 2. The zero-order valence-corrected chi connectivity index (χ0v) is 10.7. The molecule has 0 bridgehead atoms. The molecule has 0 radical (unpaired) electrons. The molecule has 0 saturated carbocycles. The second-order valence-corrected chi connectivity index (χ2v) is 2.63. The van der Waals surface area contributed by atoms with Crippen LogP contribution in [0.25, 0.3) is 5.69 Å². The molecule has 2 nitrogen and oxygen atoms in total. The van der Waals surface area contributed by atoms with Crippen LogP contribution in [0, 0.1) is 12.4 Å². The Morgan fingerprint density at radius 3 is 2.71 bits per heavy atom. The Bertz CT molecular complexity index is 373. The molecule has 0 saturated heterocycles. The van der Waals surface area contributed by atoms with E-state index in [1.54, 1.807) is 0 Å². The normalized spacial score (nSPS) is 9.07. The van der Waals surface area contributed by atoms with Crippen LogP contribution in [-0.2, 0) is 24.9 Å². The monoisotopic (exact) mass is 385 g/mol. The molecular weight excluding hydrogens is 376 g/mol. The Labute approximate surface area is 98.3 Å². The maximum absolute atomic E-state index is 4.64. The number of aryl methyl sites for hydroxylation is 1. The number of hydrogen-bond donors (Lipinski definition) is 0. The second kappa shape index (κ2) is 5.97. The Hall–Kier alpha value is -0.631. The van der Waals surface area contributed by atoms with Crippen molar-refractivity contribution in [3.8, 4) is 5.69 Å². The maximum atomic E-state index is 4.64. The molecule has 0 unspecified atom stereocenters. The van der Waals surface area contributed by atoms with E-state index < -0.39 is 0 Å². The van der Waals surface area contributed by atoms with E-state index in [1.807, 2.05) is 52.8 Å². The van der Waals surface area contributed by atoms with Crippen LogP contribution in [0.4, 0.5) is 0 Å². The van der Waals surface area contributed by atoms with Crippen LogP contribution >= 0.6 is 9.58 Å². The minimum absolute atomic E-state index is 1.01. The van der Waals surface area contributed by atoms with Crippen molar-refractivity contribution >= 4 is 9.58 Å². The number of rotatable bonds is 1. The van der Waals surface area contributed by atoms with Crippen LogP contribution in [0.3, 0.4) is 0 Å². The fourth-order valence-corrected chi connectivity index (χ4v) is 1.07. The molecule has 0 atom stereocenters. The number of benzene rings is 1. The number of aromatic nitrogens is 2. The first kappa shape index (κ1) is 11.4. The summed E-state index contributed by atoms with van der Waals surface area (Å²) in [5, 5.41) is 0. The van der Waals surface area contributed by atoms with Crippen molar-refractivity contribution in [3.63, 3.8) is 0 Å². The van der Waals surface area contributed by atoms with Crippen molar-refractivity contribution in [2.75, 3.05) is 0 Å². The second-order valence-electron chi connectivity index (χ2n) is 2.63. The number of halogens is 1. The molecule has 2 aromatic rings. The average molecular weight is 385 g/mol. The average Bonchev–Trinajstić information content (AvgIpc) is 2.69. The van der Waals surface area contributed by atoms with Gasteiger partial charge in [-0.25, -0.2) is 0 Å². The number of imidazole rings is 1. The summed E-state index contributed by atoms with van der Waals surface area (Å²) in [6, 6.07) is 10.9. The number of hydrogen-bond acceptors (Lipinski definition) is 0. The molecule has 0 aliphatic rings. The van der Waals surface area contributed by atoms with E-state index in [1.165, 1.54) is 17.9 Å². The fourth-order valence-electron chi connectivity index (χ4n) is 1.07. The number of para-hydroxylation sites is 1. The Kier molecular flexibility index (Phi) is 4.88. The summed E-state index contributed by atoms with van der Waals surface area (Å²) in [6.07, 6.45) is 6.99. The van der Waals surface area contributed by atoms with Crippen molar-refractivity contribution in [1.82, 2.24) is 4.57 Å². The van der Waals surface area contributed by atoms with E-state index in [0.717, 1.165) is 5.69 Å². The third-order valence-corrected chi connectivity index (χ3v) is 1.66. The zero-order valence-electron chi connectivity index (χ0n) is 7.57. The molecule has 2 rings (SSSR count). The van der Waals surface area contributed by atoms with Crippen molar-refractivity contribution in [1.29, 1.82) is 0 Å². The van der Waals surface area contributed by atoms with E-state index in [4.69, 9.17) is 0 Å². The molecule has 1 heterocycles. The Balaban J connectivity index is 0.000000461. The summed E-state index contributed by atoms with van der Waals surface area (Å²) in [6.45, 7) is 0. The SMILES string of the molecule is C[n+]1[c-]n(-c2[c-]cccc2)cc1.[Cl][Ir+2]. The Morgan fingerprint density at radius 1 is 1.43 bits per heavy atom. The predicted molar refractivity (Wildman–Crippen MR) is 50.5 cm³/mol. The van der Waals surface area contributed by atoms with Gasteiger partial charge < -0.3 is 9.13 Å². The van der Waals surface area contributed by atoms with Gasteiger partial charge in [0, 0.05) is 12.4 Å². The summed E-state index contributed by atoms with van der Waals surface area (Å²) in [4.78, 5) is 0. The molecule has 74 valence electrons. The third-order valence-electron chi connectivity index (χ3n) is 1.66. The van der Waals surface area contributed by atoms with Crippen LogP contribution in [0.1, 0.15) is 0 Å². The first-order valence-electron chi connectivity index (χ1n) is 3.92. The summed E-state index contributed by atoms with van der Waals surface area (Å²) < 4.78 is 3.78. The quantitative estimate of drug-likeness (QED) is 0.521. The van der Waals surface area contributed by atoms with Gasteiger partial charge in [-0.15, -0.1) is 0 Å². The van der Waals surface area contributed by atoms with Crippen LogP contribution in [0.2, 0.25) is 0 Å². The topological polar surface area (TPSA) is 8.81 Å². The van der Waals surface area contributed by atoms with Crippen LogP contribution < -0.4 is 4.57 Å². The van der Waals surface area contributed by atoms with Gasteiger partial charge in [0.05, 0.1) is 7.05 Å². The van der Waals surface area contributed by atoms with Gasteiger partial charge in [0.25, 0.3) is 0 Å². The van der Waals surface area contributed by atoms with Gasteiger partial charge in [-0.05, 0) is 0 Å². The molecule has 14 heavy (non-hydrogen) atoms. The van der Waals surface area contributed by atoms with Crippen molar-refractivity contribution in [2.45, 2.75) is 0 Å². The summed E-state index contributed by atoms with van der Waals surface area (Å²) in [7, 11) is 6.58. The van der Waals surface area contributed by atoms with E-state index in [2.05, 4.69) is 22.0 Å². The molecule has 0 aliphatic heterocycles. The predicted octanol–water partition coefficient (Wildman–Crippen LogP) is 1.59. The molecule has 0 aliphatic carbocycles. The fraction of sp³-hybridized carbons (Fsp3) is 0.100. The van der Waals surface area contributed by atoms with Crippen molar-refractivity contribution in [2.24, 2.45) is 7.05 Å². The minimum atomic E-state index is 1.01. The van der Waals surface area contributed by atoms with Gasteiger partial charge in [-0.3, -0.25) is 0 Å². The standard InChI is InChI=1S/C10H9N2.ClH.Ir/c1-11-7-8-12(9-11)10-5-3-2-4-6-10;;/h2-5,7-8H,1H3;1H;/q-1;;+3/p-1. The van der Waals surface area contributed by atoms with E-state index in [9.17, 15) is 0 Å². The van der Waals surface area contributed by atoms with Crippen molar-refractivity contribution in [3.05, 3.63) is 49.1 Å². The molecule has 1 aromatic carbocycles. The molecule has 4 heteroatoms. The molecule has 0 N–H and O–H groups in total. The van der Waals surface area contributed by atoms with E-state index in [-0.39, 0.29) is 0 Å². The molecule has 0 amide bonds. The van der Waals surface area contributed by atoms with Crippen LogP contribution in [0.15, 0.2) is 36.7 Å². The van der Waals surface area contributed by atoms with Gasteiger partial charge in [0.15, 0.2) is 0 Å². The van der Waals surface area contributed by atoms with Gasteiger partial charge >= 0.3 is 27.5 Å². The first-order valence-corrected chi connectivity index (χ1v) is 6.89. The van der Waals surface area contributed by atoms with E-state index in [0.29, 0.717) is 0 Å². The van der Waals surface area contributed by atoms with Crippen molar-refractivity contribution < 1.29 is 22.5 Å². The van der Waals surface area contributed by atoms with Crippen LogP contribution in [0.5, 0.6) is 0 Å². The molecular formula is C10H9ClIrN2+. The summed E-state index contributed by atoms with van der Waals surface area (Å²) in [5.74, 6) is 0. The molecule has 0 fully saturated rings. The molecule has 1 aromatic heterocycles. The summed E-state index contributed by atoms with van der Waals surface area (Å²) >= 11 is 1.47. The molecule has 0 spiro atoms.